The summed E-state index contributed by atoms with van der Waals surface area (Å²) in [5, 5.41) is 18.5. The molecule has 1 amide bonds. The van der Waals surface area contributed by atoms with Crippen molar-refractivity contribution >= 4 is 61.3 Å². The van der Waals surface area contributed by atoms with Gasteiger partial charge in [0.1, 0.15) is 33.7 Å². The predicted octanol–water partition coefficient (Wildman–Crippen LogP) is 9.37. The van der Waals surface area contributed by atoms with Gasteiger partial charge in [-0.1, -0.05) is 60.8 Å². The number of aromatic amines is 1. The Kier molecular flexibility index (Phi) is 12.4. The van der Waals surface area contributed by atoms with Gasteiger partial charge < -0.3 is 19.5 Å². The second-order valence-electron chi connectivity index (χ2n) is 17.9. The number of fused-ring (bicyclic) bond motifs is 1. The Morgan fingerprint density at radius 3 is 2.40 bits per heavy atom. The van der Waals surface area contributed by atoms with Crippen LogP contribution in [0.1, 0.15) is 81.6 Å². The van der Waals surface area contributed by atoms with Gasteiger partial charge in [0, 0.05) is 49.5 Å². The molecule has 3 N–H and O–H groups in total. The zero-order valence-electron chi connectivity index (χ0n) is 35.0. The van der Waals surface area contributed by atoms with Gasteiger partial charge >= 0.3 is 0 Å². The summed E-state index contributed by atoms with van der Waals surface area (Å²) in [5.41, 5.74) is 3.25. The van der Waals surface area contributed by atoms with E-state index in [1.807, 2.05) is 18.2 Å². The number of hydrogen-bond acceptors (Lipinski definition) is 10. The number of ether oxygens (including phenoxy) is 2. The molecule has 3 heterocycles. The Hall–Kier alpha value is -4.73. The maximum Gasteiger partial charge on any atom is 0.268 e. The molecule has 3 aromatic carbocycles. The van der Waals surface area contributed by atoms with E-state index in [9.17, 15) is 18.3 Å². The highest BCUT2D eigenvalue weighted by Gasteiger charge is 2.41. The van der Waals surface area contributed by atoms with E-state index in [1.54, 1.807) is 43.5 Å². The number of carbonyl (C=O) groups excluding carboxylic acids is 1. The summed E-state index contributed by atoms with van der Waals surface area (Å²) in [6.45, 7) is 9.97. The van der Waals surface area contributed by atoms with Crippen molar-refractivity contribution in [1.82, 2.24) is 24.8 Å². The van der Waals surface area contributed by atoms with E-state index in [1.165, 1.54) is 16.7 Å². The molecule has 0 atom stereocenters. The molecule has 2 aliphatic carbocycles. The Labute approximate surface area is 371 Å². The molecule has 328 valence electrons. The molecule has 0 unspecified atom stereocenters. The van der Waals surface area contributed by atoms with E-state index in [0.29, 0.717) is 11.1 Å². The molecular weight excluding hydrogens is 855 g/mol. The fourth-order valence-electron chi connectivity index (χ4n) is 8.50. The first-order chi connectivity index (χ1) is 29.4. The summed E-state index contributed by atoms with van der Waals surface area (Å²) in [6, 6.07) is 19.8. The van der Waals surface area contributed by atoms with Gasteiger partial charge in [-0.2, -0.15) is 5.10 Å². The number of carbonyl (C=O) groups is 1. The number of anilines is 1. The molecule has 3 aliphatic rings. The van der Waals surface area contributed by atoms with Gasteiger partial charge in [0.05, 0.1) is 34.5 Å². The first kappa shape index (κ1) is 43.9. The quantitative estimate of drug-likeness (QED) is 0.111. The van der Waals surface area contributed by atoms with Gasteiger partial charge in [0.2, 0.25) is 5.88 Å². The number of H-pyrrole nitrogens is 1. The van der Waals surface area contributed by atoms with Gasteiger partial charge in [0.15, 0.2) is 0 Å². The third kappa shape index (κ3) is 10.0. The molecule has 1 aliphatic heterocycles. The van der Waals surface area contributed by atoms with Crippen LogP contribution in [0.15, 0.2) is 89.6 Å². The minimum absolute atomic E-state index is 0.0166. The Balaban J connectivity index is 0.984. The van der Waals surface area contributed by atoms with E-state index in [0.717, 1.165) is 80.5 Å². The first-order valence-corrected chi connectivity index (χ1v) is 23.1. The van der Waals surface area contributed by atoms with Crippen molar-refractivity contribution in [3.05, 3.63) is 106 Å². The number of halogens is 3. The number of nitrogens with zero attached hydrogens (tertiary/aromatic N) is 4. The number of allylic oxidation sites excluding steroid dienone is 1. The Morgan fingerprint density at radius 2 is 1.68 bits per heavy atom. The third-order valence-electron chi connectivity index (χ3n) is 12.4. The Bertz CT molecular complexity index is 2600. The molecule has 0 radical (unpaired) electrons. The molecule has 16 heteroatoms. The fourth-order valence-corrected chi connectivity index (χ4v) is 9.85. The first-order valence-electron chi connectivity index (χ1n) is 20.9. The van der Waals surface area contributed by atoms with E-state index < -0.39 is 27.2 Å². The second-order valence-corrected chi connectivity index (χ2v) is 20.4. The lowest BCUT2D eigenvalue weighted by Gasteiger charge is -2.39. The summed E-state index contributed by atoms with van der Waals surface area (Å²) >= 11 is 12.6. The number of benzene rings is 3. The predicted molar refractivity (Wildman–Crippen MR) is 240 cm³/mol. The van der Waals surface area contributed by atoms with Crippen LogP contribution in [0.5, 0.6) is 17.4 Å². The van der Waals surface area contributed by atoms with Gasteiger partial charge in [-0.05, 0) is 111 Å². The second kappa shape index (κ2) is 17.4. The average Bonchev–Trinajstić information content (AvgIpc) is 3.73. The number of hydrogen-bond donors (Lipinski definition) is 3. The minimum atomic E-state index is -4.50. The summed E-state index contributed by atoms with van der Waals surface area (Å²) < 4.78 is 56.7. The Morgan fingerprint density at radius 1 is 0.935 bits per heavy atom. The van der Waals surface area contributed by atoms with E-state index in [-0.39, 0.29) is 64.8 Å². The van der Waals surface area contributed by atoms with Crippen molar-refractivity contribution in [2.24, 2.45) is 5.41 Å². The maximum atomic E-state index is 15.4. The normalized spacial score (nSPS) is 22.1. The molecular formula is C46H51Cl2FN6O6S. The summed E-state index contributed by atoms with van der Waals surface area (Å²) in [5.74, 6) is -0.501. The van der Waals surface area contributed by atoms with E-state index in [4.69, 9.17) is 32.7 Å². The number of pyridine rings is 1. The summed E-state index contributed by atoms with van der Waals surface area (Å²) in [4.78, 5) is 22.3. The van der Waals surface area contributed by atoms with Crippen LogP contribution in [-0.4, -0.2) is 90.1 Å². The van der Waals surface area contributed by atoms with Crippen LogP contribution in [0.3, 0.4) is 0 Å². The molecule has 2 aromatic heterocycles. The lowest BCUT2D eigenvalue weighted by molar-refractivity contribution is -0.0483. The molecule has 0 bridgehead atoms. The highest BCUT2D eigenvalue weighted by atomic mass is 35.5. The van der Waals surface area contributed by atoms with Gasteiger partial charge in [-0.15, -0.1) is 0 Å². The van der Waals surface area contributed by atoms with E-state index in [2.05, 4.69) is 55.7 Å². The van der Waals surface area contributed by atoms with Crippen molar-refractivity contribution < 1.29 is 32.2 Å². The van der Waals surface area contributed by atoms with Gasteiger partial charge in [0.25, 0.3) is 15.9 Å². The number of piperazine rings is 1. The standard InChI is InChI=1S/C46H51Cl2FN6O6S/c1-44(2)14-13-31(36(25-44)30-7-9-32(47)10-8-30)28-54-19-21-55(22-20-54)33-11-12-35(41(23-33)61-40-6-4-5-39-37(40)27-51-52-39)42(56)53-62(58,59)34-24-38(48)43(50-26-34)60-29-46(49)17-15-45(3,57)16-18-46/h4-12,23-24,26-27,57H,13-22,25,28-29H2,1-3H3,(H,51,52)(H,53,56). The smallest absolute Gasteiger partial charge is 0.268 e. The number of aromatic nitrogens is 3. The zero-order chi connectivity index (χ0) is 43.9. The largest absolute Gasteiger partial charge is 0.473 e. The van der Waals surface area contributed by atoms with E-state index >= 15 is 4.39 Å². The highest BCUT2D eigenvalue weighted by Crippen LogP contribution is 2.44. The molecule has 0 spiro atoms. The number of aliphatic hydroxyl groups is 1. The van der Waals surface area contributed by atoms with Crippen molar-refractivity contribution in [2.75, 3.05) is 44.2 Å². The highest BCUT2D eigenvalue weighted by molar-refractivity contribution is 7.90. The number of rotatable bonds is 12. The minimum Gasteiger partial charge on any atom is -0.473 e. The fraction of sp³-hybridized carbons (Fsp3) is 0.413. The van der Waals surface area contributed by atoms with Crippen LogP contribution < -0.4 is 19.1 Å². The molecule has 1 saturated carbocycles. The van der Waals surface area contributed by atoms with Crippen molar-refractivity contribution in [2.45, 2.75) is 81.9 Å². The zero-order valence-corrected chi connectivity index (χ0v) is 37.3. The lowest BCUT2D eigenvalue weighted by atomic mass is 9.72. The van der Waals surface area contributed by atoms with Gasteiger partial charge in [-0.25, -0.2) is 22.5 Å². The maximum absolute atomic E-state index is 15.4. The van der Waals surface area contributed by atoms with Crippen LogP contribution in [-0.2, 0) is 10.0 Å². The molecule has 5 aromatic rings. The SMILES string of the molecule is CC1(C)CCC(CN2CCN(c3ccc(C(=O)NS(=O)(=O)c4cnc(OCC5(F)CCC(C)(O)CC5)c(Cl)c4)c(Oc4cccc5[nH]ncc45)c3)CC2)=C(c2ccc(Cl)cc2)C1. The number of sulfonamides is 1. The monoisotopic (exact) mass is 904 g/mol. The van der Waals surface area contributed by atoms with Crippen LogP contribution in [0.2, 0.25) is 10.0 Å². The summed E-state index contributed by atoms with van der Waals surface area (Å²) in [7, 11) is -4.50. The topological polar surface area (TPSA) is 150 Å². The molecule has 1 saturated heterocycles. The molecule has 2 fully saturated rings. The number of nitrogens with one attached hydrogen (secondary N) is 2. The summed E-state index contributed by atoms with van der Waals surface area (Å²) in [6.07, 6.45) is 6.57. The van der Waals surface area contributed by atoms with Crippen molar-refractivity contribution in [1.29, 1.82) is 0 Å². The molecule has 62 heavy (non-hydrogen) atoms. The molecule has 8 rings (SSSR count). The van der Waals surface area contributed by atoms with Crippen LogP contribution in [0, 0.1) is 5.41 Å². The van der Waals surface area contributed by atoms with Crippen molar-refractivity contribution in [3.8, 4) is 17.4 Å². The van der Waals surface area contributed by atoms with Crippen LogP contribution in [0.25, 0.3) is 16.5 Å². The third-order valence-corrected chi connectivity index (χ3v) is 14.2. The number of alkyl halides is 1. The van der Waals surface area contributed by atoms with Crippen LogP contribution in [0.4, 0.5) is 10.1 Å². The van der Waals surface area contributed by atoms with Crippen LogP contribution >= 0.6 is 23.2 Å². The van der Waals surface area contributed by atoms with Gasteiger partial charge in [-0.3, -0.25) is 14.8 Å². The number of amides is 1. The van der Waals surface area contributed by atoms with Crippen molar-refractivity contribution in [3.63, 3.8) is 0 Å². The molecule has 12 nitrogen and oxygen atoms in total. The lowest BCUT2D eigenvalue weighted by Crippen LogP contribution is -2.47. The average molecular weight is 906 g/mol.